The summed E-state index contributed by atoms with van der Waals surface area (Å²) in [5.41, 5.74) is 1.69. The molecule has 2 amide bonds. The molecule has 0 saturated heterocycles. The van der Waals surface area contributed by atoms with Crippen molar-refractivity contribution in [3.05, 3.63) is 59.7 Å². The first-order valence-electron chi connectivity index (χ1n) is 10.8. The van der Waals surface area contributed by atoms with Gasteiger partial charge in [0.2, 0.25) is 0 Å². The Morgan fingerprint density at radius 2 is 1.61 bits per heavy atom. The van der Waals surface area contributed by atoms with Gasteiger partial charge >= 0.3 is 0 Å². The summed E-state index contributed by atoms with van der Waals surface area (Å²) in [5.74, 6) is 0.0966. The standard InChI is InChI=1S/C24H31N3O3S/c1-3-5-9-17-30-21-11-8-7-10-20(21)23(29)27-24(31)26-19-14-12-18(13-15-19)22(28)25-16-6-4-2/h7-8,10-15H,3-6,9,16-17H2,1-2H3,(H,25,28)(H2,26,27,29,31). The van der Waals surface area contributed by atoms with Gasteiger partial charge in [-0.3, -0.25) is 14.9 Å². The third kappa shape index (κ3) is 8.38. The highest BCUT2D eigenvalue weighted by Crippen LogP contribution is 2.18. The Hall–Kier alpha value is -2.93. The molecular formula is C24H31N3O3S. The summed E-state index contributed by atoms with van der Waals surface area (Å²) in [6.45, 7) is 5.44. The van der Waals surface area contributed by atoms with Gasteiger partial charge < -0.3 is 15.4 Å². The molecule has 7 heteroatoms. The first-order valence-corrected chi connectivity index (χ1v) is 11.2. The summed E-state index contributed by atoms with van der Waals surface area (Å²) in [4.78, 5) is 24.7. The minimum atomic E-state index is -0.337. The molecule has 166 valence electrons. The Morgan fingerprint density at radius 1 is 0.903 bits per heavy atom. The Bertz CT molecular complexity index is 869. The van der Waals surface area contributed by atoms with Gasteiger partial charge in [-0.2, -0.15) is 0 Å². The highest BCUT2D eigenvalue weighted by Gasteiger charge is 2.14. The average molecular weight is 442 g/mol. The van der Waals surface area contributed by atoms with Crippen molar-refractivity contribution < 1.29 is 14.3 Å². The van der Waals surface area contributed by atoms with Gasteiger partial charge in [-0.05, 0) is 61.5 Å². The van der Waals surface area contributed by atoms with Crippen LogP contribution in [0.1, 0.15) is 66.7 Å². The van der Waals surface area contributed by atoms with Crippen LogP contribution < -0.4 is 20.7 Å². The van der Waals surface area contributed by atoms with Crippen LogP contribution >= 0.6 is 12.2 Å². The lowest BCUT2D eigenvalue weighted by molar-refractivity contribution is 0.0950. The smallest absolute Gasteiger partial charge is 0.261 e. The number of amides is 2. The van der Waals surface area contributed by atoms with E-state index in [1.807, 2.05) is 6.07 Å². The van der Waals surface area contributed by atoms with Crippen molar-refractivity contribution >= 4 is 34.8 Å². The highest BCUT2D eigenvalue weighted by atomic mass is 32.1. The van der Waals surface area contributed by atoms with Crippen LogP contribution in [0.2, 0.25) is 0 Å². The molecule has 0 aliphatic carbocycles. The number of hydrogen-bond donors (Lipinski definition) is 3. The van der Waals surface area contributed by atoms with Gasteiger partial charge in [0.1, 0.15) is 5.75 Å². The first-order chi connectivity index (χ1) is 15.0. The zero-order chi connectivity index (χ0) is 22.5. The Labute approximate surface area is 189 Å². The predicted molar refractivity (Wildman–Crippen MR) is 129 cm³/mol. The monoisotopic (exact) mass is 441 g/mol. The largest absolute Gasteiger partial charge is 0.493 e. The fourth-order valence-electron chi connectivity index (χ4n) is 2.83. The summed E-state index contributed by atoms with van der Waals surface area (Å²) < 4.78 is 5.77. The molecule has 2 aromatic rings. The Balaban J connectivity index is 1.90. The van der Waals surface area contributed by atoms with E-state index < -0.39 is 0 Å². The second kappa shape index (κ2) is 13.4. The Kier molecular flexibility index (Phi) is 10.5. The first kappa shape index (κ1) is 24.3. The molecule has 0 heterocycles. The minimum absolute atomic E-state index is 0.105. The summed E-state index contributed by atoms with van der Waals surface area (Å²) in [6.07, 6.45) is 5.12. The molecule has 0 spiro atoms. The van der Waals surface area contributed by atoms with Crippen LogP contribution in [0, 0.1) is 0 Å². The molecule has 0 saturated carbocycles. The van der Waals surface area contributed by atoms with E-state index >= 15 is 0 Å². The van der Waals surface area contributed by atoms with Gasteiger partial charge in [0.25, 0.3) is 11.8 Å². The molecule has 0 aliphatic rings. The maximum Gasteiger partial charge on any atom is 0.261 e. The average Bonchev–Trinajstić information content (AvgIpc) is 2.77. The number of carbonyl (C=O) groups is 2. The molecule has 2 rings (SSSR count). The number of unbranched alkanes of at least 4 members (excludes halogenated alkanes) is 3. The zero-order valence-electron chi connectivity index (χ0n) is 18.2. The van der Waals surface area contributed by atoms with Gasteiger partial charge in [0.15, 0.2) is 5.11 Å². The molecule has 0 atom stereocenters. The maximum absolute atomic E-state index is 12.7. The fraction of sp³-hybridized carbons (Fsp3) is 0.375. The summed E-state index contributed by atoms with van der Waals surface area (Å²) >= 11 is 5.27. The number of hydrogen-bond acceptors (Lipinski definition) is 4. The Morgan fingerprint density at radius 3 is 2.32 bits per heavy atom. The van der Waals surface area contributed by atoms with Gasteiger partial charge in [-0.15, -0.1) is 0 Å². The third-order valence-corrected chi connectivity index (χ3v) is 4.79. The number of ether oxygens (including phenoxy) is 1. The fourth-order valence-corrected chi connectivity index (χ4v) is 3.04. The zero-order valence-corrected chi connectivity index (χ0v) is 19.0. The van der Waals surface area contributed by atoms with Crippen LogP contribution in [-0.2, 0) is 0 Å². The SMILES string of the molecule is CCCCCOc1ccccc1C(=O)NC(=S)Nc1ccc(C(=O)NCCCC)cc1. The van der Waals surface area contributed by atoms with E-state index in [0.29, 0.717) is 35.7 Å². The number of para-hydroxylation sites is 1. The maximum atomic E-state index is 12.7. The van der Waals surface area contributed by atoms with Crippen LogP contribution in [0.25, 0.3) is 0 Å². The molecule has 3 N–H and O–H groups in total. The van der Waals surface area contributed by atoms with E-state index in [4.69, 9.17) is 17.0 Å². The second-order valence-corrected chi connectivity index (χ2v) is 7.56. The number of anilines is 1. The van der Waals surface area contributed by atoms with Crippen molar-refractivity contribution in [1.29, 1.82) is 0 Å². The van der Waals surface area contributed by atoms with Crippen molar-refractivity contribution in [3.63, 3.8) is 0 Å². The van der Waals surface area contributed by atoms with Gasteiger partial charge in [-0.1, -0.05) is 45.2 Å². The van der Waals surface area contributed by atoms with Crippen LogP contribution in [0.4, 0.5) is 5.69 Å². The number of nitrogens with one attached hydrogen (secondary N) is 3. The number of rotatable bonds is 11. The third-order valence-electron chi connectivity index (χ3n) is 4.59. The van der Waals surface area contributed by atoms with Gasteiger partial charge in [0.05, 0.1) is 12.2 Å². The quantitative estimate of drug-likeness (QED) is 0.341. The second-order valence-electron chi connectivity index (χ2n) is 7.15. The lowest BCUT2D eigenvalue weighted by Gasteiger charge is -2.13. The molecule has 2 aromatic carbocycles. The van der Waals surface area contributed by atoms with Gasteiger partial charge in [0, 0.05) is 17.8 Å². The van der Waals surface area contributed by atoms with E-state index in [-0.39, 0.29) is 16.9 Å². The highest BCUT2D eigenvalue weighted by molar-refractivity contribution is 7.80. The summed E-state index contributed by atoms with van der Waals surface area (Å²) in [5, 5.41) is 8.70. The number of thiocarbonyl (C=S) groups is 1. The number of benzene rings is 2. The lowest BCUT2D eigenvalue weighted by Crippen LogP contribution is -2.34. The topological polar surface area (TPSA) is 79.5 Å². The molecule has 6 nitrogen and oxygen atoms in total. The molecule has 0 radical (unpaired) electrons. The predicted octanol–water partition coefficient (Wildman–Crippen LogP) is 4.91. The van der Waals surface area contributed by atoms with Crippen LogP contribution in [0.3, 0.4) is 0 Å². The van der Waals surface area contributed by atoms with E-state index in [1.54, 1.807) is 42.5 Å². The molecule has 0 bridgehead atoms. The van der Waals surface area contributed by atoms with Crippen LogP contribution in [0.5, 0.6) is 5.75 Å². The van der Waals surface area contributed by atoms with Gasteiger partial charge in [-0.25, -0.2) is 0 Å². The van der Waals surface area contributed by atoms with Crippen LogP contribution in [0.15, 0.2) is 48.5 Å². The van der Waals surface area contributed by atoms with Crippen molar-refractivity contribution in [3.8, 4) is 5.75 Å². The summed E-state index contributed by atoms with van der Waals surface area (Å²) in [6, 6.07) is 14.0. The van der Waals surface area contributed by atoms with Crippen molar-refractivity contribution in [2.24, 2.45) is 0 Å². The molecule has 0 unspecified atom stereocenters. The molecule has 0 aromatic heterocycles. The normalized spacial score (nSPS) is 10.3. The van der Waals surface area contributed by atoms with Crippen molar-refractivity contribution in [2.75, 3.05) is 18.5 Å². The van der Waals surface area contributed by atoms with E-state index in [9.17, 15) is 9.59 Å². The van der Waals surface area contributed by atoms with Crippen LogP contribution in [-0.4, -0.2) is 30.1 Å². The van der Waals surface area contributed by atoms with E-state index in [2.05, 4.69) is 29.8 Å². The van der Waals surface area contributed by atoms with E-state index in [0.717, 1.165) is 32.1 Å². The molecule has 31 heavy (non-hydrogen) atoms. The minimum Gasteiger partial charge on any atom is -0.493 e. The lowest BCUT2D eigenvalue weighted by atomic mass is 10.2. The van der Waals surface area contributed by atoms with E-state index in [1.165, 1.54) is 0 Å². The summed E-state index contributed by atoms with van der Waals surface area (Å²) in [7, 11) is 0. The number of carbonyl (C=O) groups excluding carboxylic acids is 2. The molecule has 0 fully saturated rings. The van der Waals surface area contributed by atoms with Crippen molar-refractivity contribution in [2.45, 2.75) is 46.0 Å². The molecule has 0 aliphatic heterocycles. The van der Waals surface area contributed by atoms with Crippen molar-refractivity contribution in [1.82, 2.24) is 10.6 Å². The molecular weight excluding hydrogens is 410 g/mol.